The molecule has 0 spiro atoms. The fraction of sp³-hybridized carbons (Fsp3) is 0.500. The Bertz CT molecular complexity index is 863. The molecule has 9 heteroatoms. The number of carbonyl (C=O) groups is 1. The maximum atomic E-state index is 14.1. The second-order valence-corrected chi connectivity index (χ2v) is 7.84. The first-order valence-electron chi connectivity index (χ1n) is 8.76. The van der Waals surface area contributed by atoms with Crippen LogP contribution in [0.5, 0.6) is 0 Å². The van der Waals surface area contributed by atoms with Crippen LogP contribution < -0.4 is 10.6 Å². The van der Waals surface area contributed by atoms with Crippen LogP contribution in [0.1, 0.15) is 26.5 Å². The number of nitrogens with two attached hydrogens (primary N) is 1. The number of hydrogen-bond donors (Lipinski definition) is 1. The molecule has 1 fully saturated rings. The lowest BCUT2D eigenvalue weighted by atomic mass is 10.2. The predicted octanol–water partition coefficient (Wildman–Crippen LogP) is 2.94. The van der Waals surface area contributed by atoms with Gasteiger partial charge in [0.1, 0.15) is 11.1 Å². The van der Waals surface area contributed by atoms with Crippen molar-refractivity contribution < 1.29 is 13.9 Å². The predicted molar refractivity (Wildman–Crippen MR) is 102 cm³/mol. The van der Waals surface area contributed by atoms with Crippen LogP contribution >= 0.6 is 11.6 Å². The van der Waals surface area contributed by atoms with Gasteiger partial charge in [-0.2, -0.15) is 0 Å². The summed E-state index contributed by atoms with van der Waals surface area (Å²) >= 11 is 5.94. The zero-order valence-corrected chi connectivity index (χ0v) is 16.4. The molecule has 27 heavy (non-hydrogen) atoms. The molecule has 3 rings (SSSR count). The summed E-state index contributed by atoms with van der Waals surface area (Å²) in [5.74, 6) is 0.0662. The van der Waals surface area contributed by atoms with Crippen LogP contribution in [0.3, 0.4) is 0 Å². The Labute approximate surface area is 162 Å². The largest absolute Gasteiger partial charge is 0.444 e. The molecule has 1 saturated heterocycles. The van der Waals surface area contributed by atoms with E-state index < -0.39 is 11.4 Å². The first-order chi connectivity index (χ1) is 12.7. The van der Waals surface area contributed by atoms with Crippen molar-refractivity contribution in [1.29, 1.82) is 0 Å². The lowest BCUT2D eigenvalue weighted by Gasteiger charge is -2.36. The van der Waals surface area contributed by atoms with E-state index in [2.05, 4.69) is 9.97 Å². The van der Waals surface area contributed by atoms with E-state index >= 15 is 0 Å². The molecule has 0 unspecified atom stereocenters. The van der Waals surface area contributed by atoms with Gasteiger partial charge in [-0.25, -0.2) is 19.2 Å². The maximum Gasteiger partial charge on any atom is 0.410 e. The van der Waals surface area contributed by atoms with E-state index in [1.54, 1.807) is 11.0 Å². The Morgan fingerprint density at radius 3 is 2.52 bits per heavy atom. The molecule has 0 aliphatic carbocycles. The molecule has 7 nitrogen and oxygen atoms in total. The number of fused-ring (bicyclic) bond motifs is 1. The number of amides is 1. The number of anilines is 1. The summed E-state index contributed by atoms with van der Waals surface area (Å²) in [4.78, 5) is 24.8. The van der Waals surface area contributed by atoms with Gasteiger partial charge in [-0.1, -0.05) is 11.6 Å². The van der Waals surface area contributed by atoms with Crippen LogP contribution in [0.15, 0.2) is 12.1 Å². The Kier molecular flexibility index (Phi) is 5.39. The van der Waals surface area contributed by atoms with Crippen molar-refractivity contribution in [2.45, 2.75) is 32.9 Å². The lowest BCUT2D eigenvalue weighted by Crippen LogP contribution is -2.50. The van der Waals surface area contributed by atoms with Crippen molar-refractivity contribution in [2.75, 3.05) is 31.1 Å². The van der Waals surface area contributed by atoms with E-state index in [1.165, 1.54) is 6.07 Å². The van der Waals surface area contributed by atoms with Crippen LogP contribution in [0.4, 0.5) is 15.0 Å². The minimum Gasteiger partial charge on any atom is -0.444 e. The monoisotopic (exact) mass is 395 g/mol. The normalized spacial score (nSPS) is 15.3. The second kappa shape index (κ2) is 7.44. The fourth-order valence-corrected chi connectivity index (χ4v) is 3.13. The number of nitrogens with zero attached hydrogens (tertiary/aromatic N) is 4. The van der Waals surface area contributed by atoms with E-state index in [9.17, 15) is 9.18 Å². The molecule has 1 amide bonds. The smallest absolute Gasteiger partial charge is 0.410 e. The third-order valence-electron chi connectivity index (χ3n) is 4.16. The van der Waals surface area contributed by atoms with E-state index in [4.69, 9.17) is 22.1 Å². The summed E-state index contributed by atoms with van der Waals surface area (Å²) in [6.45, 7) is 7.72. The fourth-order valence-electron chi connectivity index (χ4n) is 2.93. The number of ether oxygens (including phenoxy) is 1. The first kappa shape index (κ1) is 19.6. The quantitative estimate of drug-likeness (QED) is 0.841. The van der Waals surface area contributed by atoms with Crippen LogP contribution in [-0.2, 0) is 11.3 Å². The number of aromatic nitrogens is 2. The van der Waals surface area contributed by atoms with Gasteiger partial charge in [0.2, 0.25) is 0 Å². The van der Waals surface area contributed by atoms with Crippen LogP contribution in [0, 0.1) is 5.82 Å². The van der Waals surface area contributed by atoms with Gasteiger partial charge in [-0.05, 0) is 32.9 Å². The molecule has 146 valence electrons. The zero-order chi connectivity index (χ0) is 19.8. The highest BCUT2D eigenvalue weighted by molar-refractivity contribution is 6.31. The molecule has 1 aromatic heterocycles. The Morgan fingerprint density at radius 1 is 1.26 bits per heavy atom. The average Bonchev–Trinajstić information content (AvgIpc) is 2.59. The molecule has 2 N–H and O–H groups in total. The Hall–Kier alpha value is -2.19. The van der Waals surface area contributed by atoms with Gasteiger partial charge in [-0.3, -0.25) is 0 Å². The minimum atomic E-state index is -0.534. The van der Waals surface area contributed by atoms with E-state index in [-0.39, 0.29) is 23.2 Å². The lowest BCUT2D eigenvalue weighted by molar-refractivity contribution is 0.0240. The zero-order valence-electron chi connectivity index (χ0n) is 15.6. The molecule has 1 aromatic carbocycles. The van der Waals surface area contributed by atoms with Crippen molar-refractivity contribution in [3.05, 3.63) is 28.7 Å². The maximum absolute atomic E-state index is 14.1. The third-order valence-corrected chi connectivity index (χ3v) is 4.38. The molecule has 0 saturated carbocycles. The molecule has 2 heterocycles. The number of rotatable bonds is 2. The van der Waals surface area contributed by atoms with Crippen molar-refractivity contribution in [3.63, 3.8) is 0 Å². The van der Waals surface area contributed by atoms with Gasteiger partial charge < -0.3 is 20.3 Å². The summed E-state index contributed by atoms with van der Waals surface area (Å²) in [6.07, 6.45) is -0.334. The van der Waals surface area contributed by atoms with Gasteiger partial charge >= 0.3 is 6.09 Å². The number of halogens is 2. The van der Waals surface area contributed by atoms with Gasteiger partial charge in [0.15, 0.2) is 11.6 Å². The average molecular weight is 396 g/mol. The second-order valence-electron chi connectivity index (χ2n) is 7.41. The van der Waals surface area contributed by atoms with Crippen LogP contribution in [0.2, 0.25) is 5.02 Å². The molecule has 1 aliphatic rings. The van der Waals surface area contributed by atoms with Crippen LogP contribution in [0.25, 0.3) is 11.0 Å². The van der Waals surface area contributed by atoms with Gasteiger partial charge in [0.25, 0.3) is 0 Å². The minimum absolute atomic E-state index is 0.132. The van der Waals surface area contributed by atoms with E-state index in [0.717, 1.165) is 0 Å². The third kappa shape index (κ3) is 4.39. The number of benzene rings is 1. The van der Waals surface area contributed by atoms with Gasteiger partial charge in [0, 0.05) is 37.7 Å². The van der Waals surface area contributed by atoms with Crippen molar-refractivity contribution in [3.8, 4) is 0 Å². The number of piperazine rings is 1. The van der Waals surface area contributed by atoms with Crippen molar-refractivity contribution in [2.24, 2.45) is 5.73 Å². The SMILES string of the molecule is CC(C)(C)OC(=O)N1CCN(c2nc3cc(Cl)cc(F)c3nc2CN)CC1. The highest BCUT2D eigenvalue weighted by Gasteiger charge is 2.27. The molecular weight excluding hydrogens is 373 g/mol. The topological polar surface area (TPSA) is 84.6 Å². The summed E-state index contributed by atoms with van der Waals surface area (Å²) < 4.78 is 19.5. The Morgan fingerprint density at radius 2 is 1.93 bits per heavy atom. The summed E-state index contributed by atoms with van der Waals surface area (Å²) in [6, 6.07) is 2.78. The highest BCUT2D eigenvalue weighted by Crippen LogP contribution is 2.26. The molecule has 1 aliphatic heterocycles. The molecule has 0 radical (unpaired) electrons. The summed E-state index contributed by atoms with van der Waals surface area (Å²) in [5, 5.41) is 0.260. The van der Waals surface area contributed by atoms with Crippen molar-refractivity contribution in [1.82, 2.24) is 14.9 Å². The molecule has 2 aromatic rings. The first-order valence-corrected chi connectivity index (χ1v) is 9.14. The Balaban J connectivity index is 1.81. The van der Waals surface area contributed by atoms with E-state index in [1.807, 2.05) is 25.7 Å². The molecule has 0 atom stereocenters. The summed E-state index contributed by atoms with van der Waals surface area (Å²) in [5.41, 5.74) is 6.31. The van der Waals surface area contributed by atoms with Gasteiger partial charge in [0.05, 0.1) is 11.2 Å². The highest BCUT2D eigenvalue weighted by atomic mass is 35.5. The number of carbonyl (C=O) groups excluding carboxylic acids is 1. The van der Waals surface area contributed by atoms with Crippen molar-refractivity contribution >= 4 is 34.5 Å². The molecule has 0 bridgehead atoms. The van der Waals surface area contributed by atoms with Gasteiger partial charge in [-0.15, -0.1) is 0 Å². The van der Waals surface area contributed by atoms with E-state index in [0.29, 0.717) is 43.2 Å². The summed E-state index contributed by atoms with van der Waals surface area (Å²) in [7, 11) is 0. The van der Waals surface area contributed by atoms with Crippen LogP contribution in [-0.4, -0.2) is 52.7 Å². The standard InChI is InChI=1S/C18H23ClFN5O2/c1-18(2,3)27-17(26)25-6-4-24(5-7-25)16-14(10-21)22-15-12(20)8-11(19)9-13(15)23-16/h8-9H,4-7,10,21H2,1-3H3. The number of hydrogen-bond acceptors (Lipinski definition) is 6. The molecular formula is C18H23ClFN5O2.